The Labute approximate surface area is 170 Å². The second-order valence-corrected chi connectivity index (χ2v) is 7.02. The van der Waals surface area contributed by atoms with Gasteiger partial charge in [0.05, 0.1) is 0 Å². The third-order valence-electron chi connectivity index (χ3n) is 4.28. The molecule has 0 spiro atoms. The molecule has 7 nitrogen and oxygen atoms in total. The van der Waals surface area contributed by atoms with Gasteiger partial charge in [0.2, 0.25) is 11.8 Å². The van der Waals surface area contributed by atoms with Crippen LogP contribution in [0.4, 0.5) is 5.69 Å². The Balaban J connectivity index is 1.69. The lowest BCUT2D eigenvalue weighted by atomic mass is 10.1. The Bertz CT molecular complexity index is 909. The van der Waals surface area contributed by atoms with Gasteiger partial charge in [-0.1, -0.05) is 29.8 Å². The highest BCUT2D eigenvalue weighted by atomic mass is 16.5. The molecule has 7 heteroatoms. The number of aryl methyl sites for hydroxylation is 4. The molecule has 0 saturated carbocycles. The Kier molecular flexibility index (Phi) is 7.77. The van der Waals surface area contributed by atoms with E-state index in [-0.39, 0.29) is 25.4 Å². The van der Waals surface area contributed by atoms with Crippen LogP contribution in [0.15, 0.2) is 36.4 Å². The molecule has 0 aliphatic rings. The average molecular weight is 397 g/mol. The van der Waals surface area contributed by atoms with E-state index in [0.29, 0.717) is 5.75 Å². The minimum absolute atomic E-state index is 0.00794. The first-order valence-corrected chi connectivity index (χ1v) is 9.39. The van der Waals surface area contributed by atoms with Crippen LogP contribution in [0.3, 0.4) is 0 Å². The van der Waals surface area contributed by atoms with Crippen molar-refractivity contribution in [3.63, 3.8) is 0 Å². The lowest BCUT2D eigenvalue weighted by molar-refractivity contribution is -0.130. The molecule has 0 bridgehead atoms. The molecule has 2 aromatic carbocycles. The maximum atomic E-state index is 12.0. The summed E-state index contributed by atoms with van der Waals surface area (Å²) in [6.45, 7) is 7.48. The van der Waals surface area contributed by atoms with E-state index < -0.39 is 11.8 Å². The van der Waals surface area contributed by atoms with Gasteiger partial charge in [0.1, 0.15) is 5.75 Å². The SMILES string of the molecule is Cc1ccc(NC(=O)CCC(=O)NNC(=O)COc2cc(C)ccc2C)c(C)c1. The molecular formula is C22H27N3O4. The summed E-state index contributed by atoms with van der Waals surface area (Å²) in [4.78, 5) is 35.7. The standard InChI is InChI=1S/C22H27N3O4/c1-14-6-8-18(17(4)11-14)23-20(26)9-10-21(27)24-25-22(28)13-29-19-12-15(2)5-7-16(19)3/h5-8,11-12H,9-10,13H2,1-4H3,(H,23,26)(H,24,27)(H,25,28). The van der Waals surface area contributed by atoms with E-state index in [1.165, 1.54) is 0 Å². The summed E-state index contributed by atoms with van der Waals surface area (Å²) in [5, 5.41) is 2.78. The number of rotatable bonds is 7. The molecule has 0 aliphatic carbocycles. The van der Waals surface area contributed by atoms with Crippen molar-refractivity contribution in [3.05, 3.63) is 58.7 Å². The lowest BCUT2D eigenvalue weighted by Gasteiger charge is -2.11. The van der Waals surface area contributed by atoms with Crippen LogP contribution >= 0.6 is 0 Å². The average Bonchev–Trinajstić information content (AvgIpc) is 2.67. The first-order valence-electron chi connectivity index (χ1n) is 9.39. The molecule has 0 heterocycles. The Morgan fingerprint density at radius 3 is 2.10 bits per heavy atom. The van der Waals surface area contributed by atoms with Crippen molar-refractivity contribution in [2.24, 2.45) is 0 Å². The number of amides is 3. The fraction of sp³-hybridized carbons (Fsp3) is 0.318. The molecule has 2 rings (SSSR count). The summed E-state index contributed by atoms with van der Waals surface area (Å²) in [5.74, 6) is -0.592. The van der Waals surface area contributed by atoms with Crippen molar-refractivity contribution in [3.8, 4) is 5.75 Å². The van der Waals surface area contributed by atoms with Crippen molar-refractivity contribution in [2.75, 3.05) is 11.9 Å². The first kappa shape index (κ1) is 21.9. The molecule has 0 aliphatic heterocycles. The number of nitrogens with one attached hydrogen (secondary N) is 3. The largest absolute Gasteiger partial charge is 0.483 e. The van der Waals surface area contributed by atoms with E-state index in [4.69, 9.17) is 4.74 Å². The summed E-state index contributed by atoms with van der Waals surface area (Å²) in [7, 11) is 0. The molecule has 2 aromatic rings. The molecule has 0 saturated heterocycles. The van der Waals surface area contributed by atoms with Gasteiger partial charge in [-0.2, -0.15) is 0 Å². The zero-order valence-corrected chi connectivity index (χ0v) is 17.2. The molecule has 0 fully saturated rings. The van der Waals surface area contributed by atoms with Crippen molar-refractivity contribution in [1.82, 2.24) is 10.9 Å². The summed E-state index contributed by atoms with van der Waals surface area (Å²) in [5.41, 5.74) is 9.30. The first-order chi connectivity index (χ1) is 13.7. The van der Waals surface area contributed by atoms with Crippen LogP contribution in [-0.4, -0.2) is 24.3 Å². The van der Waals surface area contributed by atoms with Gasteiger partial charge in [0.15, 0.2) is 6.61 Å². The summed E-state index contributed by atoms with van der Waals surface area (Å²) in [6.07, 6.45) is -0.0388. The zero-order chi connectivity index (χ0) is 21.4. The Morgan fingerprint density at radius 2 is 1.38 bits per heavy atom. The smallest absolute Gasteiger partial charge is 0.276 e. The van der Waals surface area contributed by atoms with Crippen LogP contribution < -0.4 is 20.9 Å². The molecule has 0 unspecified atom stereocenters. The number of hydrogen-bond acceptors (Lipinski definition) is 4. The molecule has 29 heavy (non-hydrogen) atoms. The fourth-order valence-corrected chi connectivity index (χ4v) is 2.64. The van der Waals surface area contributed by atoms with Gasteiger partial charge in [0, 0.05) is 18.5 Å². The van der Waals surface area contributed by atoms with Crippen molar-refractivity contribution in [2.45, 2.75) is 40.5 Å². The number of carbonyl (C=O) groups excluding carboxylic acids is 3. The van der Waals surface area contributed by atoms with Crippen molar-refractivity contribution >= 4 is 23.4 Å². The van der Waals surface area contributed by atoms with Crippen LogP contribution in [-0.2, 0) is 14.4 Å². The van der Waals surface area contributed by atoms with E-state index in [2.05, 4.69) is 16.2 Å². The van der Waals surface area contributed by atoms with Crippen LogP contribution in [0.5, 0.6) is 5.75 Å². The third-order valence-corrected chi connectivity index (χ3v) is 4.28. The molecule has 0 atom stereocenters. The monoisotopic (exact) mass is 397 g/mol. The minimum Gasteiger partial charge on any atom is -0.483 e. The molecule has 0 aromatic heterocycles. The van der Waals surface area contributed by atoms with Gasteiger partial charge < -0.3 is 10.1 Å². The highest BCUT2D eigenvalue weighted by Gasteiger charge is 2.10. The molecule has 154 valence electrons. The van der Waals surface area contributed by atoms with E-state index in [0.717, 1.165) is 27.9 Å². The Hall–Kier alpha value is -3.35. The third kappa shape index (κ3) is 7.29. The van der Waals surface area contributed by atoms with Crippen LogP contribution in [0.1, 0.15) is 35.1 Å². The van der Waals surface area contributed by atoms with E-state index >= 15 is 0 Å². The quantitative estimate of drug-likeness (QED) is 0.626. The number of hydrogen-bond donors (Lipinski definition) is 3. The molecule has 0 radical (unpaired) electrons. The number of hydrazine groups is 1. The fourth-order valence-electron chi connectivity index (χ4n) is 2.64. The molecule has 3 N–H and O–H groups in total. The maximum Gasteiger partial charge on any atom is 0.276 e. The van der Waals surface area contributed by atoms with Gasteiger partial charge >= 0.3 is 0 Å². The predicted octanol–water partition coefficient (Wildman–Crippen LogP) is 2.87. The molecule has 3 amide bonds. The maximum absolute atomic E-state index is 12.0. The minimum atomic E-state index is -0.487. The topological polar surface area (TPSA) is 96.5 Å². The van der Waals surface area contributed by atoms with Crippen molar-refractivity contribution in [1.29, 1.82) is 0 Å². The predicted molar refractivity (Wildman–Crippen MR) is 111 cm³/mol. The highest BCUT2D eigenvalue weighted by Crippen LogP contribution is 2.19. The zero-order valence-electron chi connectivity index (χ0n) is 17.2. The normalized spacial score (nSPS) is 10.2. The summed E-state index contributed by atoms with van der Waals surface area (Å²) >= 11 is 0. The van der Waals surface area contributed by atoms with E-state index in [1.54, 1.807) is 0 Å². The lowest BCUT2D eigenvalue weighted by Crippen LogP contribution is -2.44. The summed E-state index contributed by atoms with van der Waals surface area (Å²) < 4.78 is 5.47. The second-order valence-electron chi connectivity index (χ2n) is 7.02. The highest BCUT2D eigenvalue weighted by molar-refractivity contribution is 5.94. The van der Waals surface area contributed by atoms with Gasteiger partial charge in [0.25, 0.3) is 5.91 Å². The van der Waals surface area contributed by atoms with Gasteiger partial charge in [-0.25, -0.2) is 0 Å². The Morgan fingerprint density at radius 1 is 0.759 bits per heavy atom. The van der Waals surface area contributed by atoms with Crippen molar-refractivity contribution < 1.29 is 19.1 Å². The van der Waals surface area contributed by atoms with Gasteiger partial charge in [-0.3, -0.25) is 25.2 Å². The number of benzene rings is 2. The summed E-state index contributed by atoms with van der Waals surface area (Å²) in [6, 6.07) is 11.4. The number of anilines is 1. The second kappa shape index (κ2) is 10.3. The van der Waals surface area contributed by atoms with Crippen LogP contribution in [0, 0.1) is 27.7 Å². The van der Waals surface area contributed by atoms with Gasteiger partial charge in [-0.05, 0) is 56.5 Å². The van der Waals surface area contributed by atoms with Gasteiger partial charge in [-0.15, -0.1) is 0 Å². The molecular weight excluding hydrogens is 370 g/mol. The number of ether oxygens (including phenoxy) is 1. The van der Waals surface area contributed by atoms with Crippen LogP contribution in [0.25, 0.3) is 0 Å². The van der Waals surface area contributed by atoms with E-state index in [9.17, 15) is 14.4 Å². The van der Waals surface area contributed by atoms with E-state index in [1.807, 2.05) is 64.1 Å². The number of carbonyl (C=O) groups is 3. The van der Waals surface area contributed by atoms with Crippen LogP contribution in [0.2, 0.25) is 0 Å².